The Morgan fingerprint density at radius 2 is 2.27 bits per heavy atom. The first-order valence-electron chi connectivity index (χ1n) is 7.24. The maximum atomic E-state index is 11.5. The van der Waals surface area contributed by atoms with E-state index in [1.165, 1.54) is 0 Å². The number of rotatable bonds is 4. The van der Waals surface area contributed by atoms with E-state index in [9.17, 15) is 9.59 Å². The molecule has 2 N–H and O–H groups in total. The molecule has 1 saturated heterocycles. The monoisotopic (exact) mass is 303 g/mol. The highest BCUT2D eigenvalue weighted by molar-refractivity contribution is 6.02. The number of hydrogen-bond donors (Lipinski definition) is 2. The predicted molar refractivity (Wildman–Crippen MR) is 79.5 cm³/mol. The van der Waals surface area contributed by atoms with Gasteiger partial charge >= 0.3 is 5.97 Å². The molecular weight excluding hydrogens is 286 g/mol. The molecule has 1 aliphatic heterocycles. The van der Waals surface area contributed by atoms with E-state index in [0.717, 1.165) is 36.8 Å². The van der Waals surface area contributed by atoms with Crippen LogP contribution in [0.5, 0.6) is 0 Å². The van der Waals surface area contributed by atoms with Crippen LogP contribution < -0.4 is 5.32 Å². The van der Waals surface area contributed by atoms with Crippen molar-refractivity contribution in [3.63, 3.8) is 0 Å². The molecule has 2 aromatic rings. The Morgan fingerprint density at radius 1 is 1.41 bits per heavy atom. The number of aromatic nitrogens is 2. The number of fused-ring (bicyclic) bond motifs is 1. The number of hydrogen-bond acceptors (Lipinski definition) is 4. The Kier molecular flexibility index (Phi) is 4.06. The Labute approximate surface area is 126 Å². The molecule has 1 aromatic heterocycles. The molecule has 1 aromatic carbocycles. The van der Waals surface area contributed by atoms with Crippen molar-refractivity contribution in [1.82, 2.24) is 9.78 Å². The lowest BCUT2D eigenvalue weighted by atomic mass is 10.2. The van der Waals surface area contributed by atoms with Crippen LogP contribution >= 0.6 is 0 Å². The van der Waals surface area contributed by atoms with Crippen LogP contribution in [0, 0.1) is 0 Å². The number of amides is 1. The molecule has 0 aliphatic carbocycles. The van der Waals surface area contributed by atoms with Crippen LogP contribution in [-0.4, -0.2) is 33.4 Å². The topological polar surface area (TPSA) is 93.5 Å². The molecule has 22 heavy (non-hydrogen) atoms. The molecule has 1 unspecified atom stereocenters. The molecular formula is C15H17N3O4. The maximum Gasteiger partial charge on any atom is 0.312 e. The van der Waals surface area contributed by atoms with Crippen LogP contribution in [0.2, 0.25) is 0 Å². The van der Waals surface area contributed by atoms with E-state index in [1.807, 2.05) is 10.7 Å². The molecule has 7 nitrogen and oxygen atoms in total. The molecule has 1 fully saturated rings. The van der Waals surface area contributed by atoms with Gasteiger partial charge in [-0.2, -0.15) is 5.10 Å². The molecule has 116 valence electrons. The number of nitrogens with one attached hydrogen (secondary N) is 1. The highest BCUT2D eigenvalue weighted by Crippen LogP contribution is 2.27. The number of nitrogens with zero attached hydrogens (tertiary/aromatic N) is 2. The van der Waals surface area contributed by atoms with Crippen LogP contribution in [0.3, 0.4) is 0 Å². The van der Waals surface area contributed by atoms with E-state index >= 15 is 0 Å². The minimum absolute atomic E-state index is 0.0868. The van der Waals surface area contributed by atoms with Gasteiger partial charge in [-0.25, -0.2) is 4.68 Å². The lowest BCUT2D eigenvalue weighted by Gasteiger charge is -2.23. The Balaban J connectivity index is 1.84. The fourth-order valence-corrected chi connectivity index (χ4v) is 2.60. The van der Waals surface area contributed by atoms with E-state index in [0.29, 0.717) is 5.69 Å². The van der Waals surface area contributed by atoms with Crippen molar-refractivity contribution in [2.24, 2.45) is 0 Å². The lowest BCUT2D eigenvalue weighted by Crippen LogP contribution is -2.19. The van der Waals surface area contributed by atoms with Gasteiger partial charge in [0.25, 0.3) is 0 Å². The third-order valence-corrected chi connectivity index (χ3v) is 3.62. The zero-order valence-electron chi connectivity index (χ0n) is 12.0. The summed E-state index contributed by atoms with van der Waals surface area (Å²) in [6.07, 6.45) is 4.19. The number of carboxylic acids is 1. The van der Waals surface area contributed by atoms with Crippen molar-refractivity contribution >= 4 is 28.5 Å². The van der Waals surface area contributed by atoms with Gasteiger partial charge < -0.3 is 15.2 Å². The number of carboxylic acid groups (broad SMARTS) is 1. The zero-order chi connectivity index (χ0) is 15.5. The first-order chi connectivity index (χ1) is 10.6. The molecule has 1 aliphatic rings. The molecule has 0 saturated carbocycles. The van der Waals surface area contributed by atoms with E-state index < -0.39 is 18.3 Å². The Bertz CT molecular complexity index is 704. The van der Waals surface area contributed by atoms with Crippen molar-refractivity contribution in [3.05, 3.63) is 24.4 Å². The second kappa shape index (κ2) is 6.15. The lowest BCUT2D eigenvalue weighted by molar-refractivity contribution is -0.139. The van der Waals surface area contributed by atoms with Crippen LogP contribution in [0.15, 0.2) is 24.4 Å². The van der Waals surface area contributed by atoms with Gasteiger partial charge in [0.05, 0.1) is 11.7 Å². The first-order valence-corrected chi connectivity index (χ1v) is 7.24. The minimum atomic E-state index is -1.15. The Hall–Kier alpha value is -2.41. The summed E-state index contributed by atoms with van der Waals surface area (Å²) >= 11 is 0. The third-order valence-electron chi connectivity index (χ3n) is 3.62. The van der Waals surface area contributed by atoms with Crippen molar-refractivity contribution in [3.8, 4) is 0 Å². The summed E-state index contributed by atoms with van der Waals surface area (Å²) < 4.78 is 7.56. The quantitative estimate of drug-likeness (QED) is 0.844. The van der Waals surface area contributed by atoms with Crippen LogP contribution in [0.25, 0.3) is 10.9 Å². The Morgan fingerprint density at radius 3 is 3.00 bits per heavy atom. The van der Waals surface area contributed by atoms with Crippen molar-refractivity contribution < 1.29 is 19.4 Å². The fourth-order valence-electron chi connectivity index (χ4n) is 2.60. The van der Waals surface area contributed by atoms with Gasteiger partial charge in [0.15, 0.2) is 6.23 Å². The highest BCUT2D eigenvalue weighted by Gasteiger charge is 2.18. The SMILES string of the molecule is O=C(O)CC(=O)Nc1ccc2cnn(C3CCCCO3)c2c1. The number of anilines is 1. The molecule has 0 bridgehead atoms. The summed E-state index contributed by atoms with van der Waals surface area (Å²) in [5.74, 6) is -1.70. The number of benzene rings is 1. The van der Waals surface area contributed by atoms with Crippen molar-refractivity contribution in [2.75, 3.05) is 11.9 Å². The average molecular weight is 303 g/mol. The van der Waals surface area contributed by atoms with Crippen LogP contribution in [0.4, 0.5) is 5.69 Å². The number of ether oxygens (including phenoxy) is 1. The van der Waals surface area contributed by atoms with Crippen LogP contribution in [0.1, 0.15) is 31.9 Å². The van der Waals surface area contributed by atoms with E-state index in [2.05, 4.69) is 10.4 Å². The molecule has 1 atom stereocenters. The van der Waals surface area contributed by atoms with Gasteiger partial charge in [-0.05, 0) is 37.5 Å². The van der Waals surface area contributed by atoms with E-state index in [4.69, 9.17) is 9.84 Å². The number of carbonyl (C=O) groups excluding carboxylic acids is 1. The molecule has 2 heterocycles. The van der Waals surface area contributed by atoms with E-state index in [-0.39, 0.29) is 6.23 Å². The average Bonchev–Trinajstić information content (AvgIpc) is 2.90. The van der Waals surface area contributed by atoms with Gasteiger partial charge in [-0.15, -0.1) is 0 Å². The predicted octanol–water partition coefficient (Wildman–Crippen LogP) is 2.15. The molecule has 1 amide bonds. The second-order valence-corrected chi connectivity index (χ2v) is 5.30. The summed E-state index contributed by atoms with van der Waals surface area (Å²) in [5.41, 5.74) is 1.41. The maximum absolute atomic E-state index is 11.5. The van der Waals surface area contributed by atoms with Gasteiger partial charge in [0.1, 0.15) is 6.42 Å². The van der Waals surface area contributed by atoms with Crippen molar-refractivity contribution in [2.45, 2.75) is 31.9 Å². The first kappa shape index (κ1) is 14.5. The fraction of sp³-hybridized carbons (Fsp3) is 0.400. The number of aliphatic carboxylic acids is 1. The van der Waals surface area contributed by atoms with Crippen molar-refractivity contribution in [1.29, 1.82) is 0 Å². The zero-order valence-corrected chi connectivity index (χ0v) is 12.0. The largest absolute Gasteiger partial charge is 0.481 e. The summed E-state index contributed by atoms with van der Waals surface area (Å²) in [7, 11) is 0. The standard InChI is InChI=1S/C15H17N3O4/c19-13(8-15(20)21)17-11-5-4-10-9-16-18(12(10)7-11)14-3-1-2-6-22-14/h4-5,7,9,14H,1-3,6,8H2,(H,17,19)(H,20,21). The summed E-state index contributed by atoms with van der Waals surface area (Å²) in [5, 5.41) is 16.5. The smallest absolute Gasteiger partial charge is 0.312 e. The van der Waals surface area contributed by atoms with Gasteiger partial charge in [-0.1, -0.05) is 0 Å². The summed E-state index contributed by atoms with van der Waals surface area (Å²) in [6.45, 7) is 0.723. The molecule has 0 radical (unpaired) electrons. The normalized spacial score (nSPS) is 18.3. The summed E-state index contributed by atoms with van der Waals surface area (Å²) in [4.78, 5) is 22.1. The summed E-state index contributed by atoms with van der Waals surface area (Å²) in [6, 6.07) is 5.37. The molecule has 7 heteroatoms. The van der Waals surface area contributed by atoms with Crippen LogP contribution in [-0.2, 0) is 14.3 Å². The number of carbonyl (C=O) groups is 2. The molecule has 3 rings (SSSR count). The van der Waals surface area contributed by atoms with E-state index in [1.54, 1.807) is 18.3 Å². The third kappa shape index (κ3) is 3.09. The minimum Gasteiger partial charge on any atom is -0.481 e. The highest BCUT2D eigenvalue weighted by atomic mass is 16.5. The van der Waals surface area contributed by atoms with Gasteiger partial charge in [-0.3, -0.25) is 9.59 Å². The second-order valence-electron chi connectivity index (χ2n) is 5.30. The van der Waals surface area contributed by atoms with Gasteiger partial charge in [0.2, 0.25) is 5.91 Å². The molecule has 0 spiro atoms. The van der Waals surface area contributed by atoms with Gasteiger partial charge in [0, 0.05) is 17.7 Å².